The van der Waals surface area contributed by atoms with E-state index in [1.54, 1.807) is 13.0 Å². The maximum absolute atomic E-state index is 9.94. The van der Waals surface area contributed by atoms with Gasteiger partial charge < -0.3 is 5.11 Å². The van der Waals surface area contributed by atoms with Gasteiger partial charge in [-0.2, -0.15) is 0 Å². The van der Waals surface area contributed by atoms with Gasteiger partial charge in [0.1, 0.15) is 6.29 Å². The molecule has 0 rings (SSSR count). The minimum absolute atomic E-state index is 0.477. The minimum atomic E-state index is -0.673. The highest BCUT2D eigenvalue weighted by Crippen LogP contribution is 2.20. The molecule has 1 atom stereocenters. The molecule has 0 bridgehead atoms. The second-order valence-electron chi connectivity index (χ2n) is 3.86. The number of allylic oxidation sites excluding steroid dienone is 1. The van der Waals surface area contributed by atoms with Crippen LogP contribution in [-0.2, 0) is 4.79 Å². The molecule has 1 unspecified atom stereocenters. The van der Waals surface area contributed by atoms with Gasteiger partial charge in [-0.1, -0.05) is 19.9 Å². The van der Waals surface area contributed by atoms with E-state index in [1.165, 1.54) is 6.08 Å². The maximum atomic E-state index is 9.94. The molecule has 2 nitrogen and oxygen atoms in total. The second-order valence-corrected chi connectivity index (χ2v) is 3.86. The van der Waals surface area contributed by atoms with Crippen molar-refractivity contribution in [3.8, 4) is 0 Å². The van der Waals surface area contributed by atoms with Gasteiger partial charge in [-0.15, -0.1) is 0 Å². The highest BCUT2D eigenvalue weighted by molar-refractivity contribution is 5.64. The predicted molar refractivity (Wildman–Crippen MR) is 49.9 cm³/mol. The molecule has 0 aliphatic carbocycles. The van der Waals surface area contributed by atoms with E-state index in [9.17, 15) is 9.90 Å². The highest BCUT2D eigenvalue weighted by atomic mass is 16.3. The molecule has 0 aliphatic heterocycles. The summed E-state index contributed by atoms with van der Waals surface area (Å²) in [5, 5.41) is 9.74. The molecule has 0 aromatic rings. The quantitative estimate of drug-likeness (QED) is 0.505. The molecule has 0 heterocycles. The molecule has 2 heteroatoms. The van der Waals surface area contributed by atoms with Crippen molar-refractivity contribution in [1.82, 2.24) is 0 Å². The van der Waals surface area contributed by atoms with Crippen molar-refractivity contribution in [3.63, 3.8) is 0 Å². The summed E-state index contributed by atoms with van der Waals surface area (Å²) in [6.07, 6.45) is 5.16. The Hall–Kier alpha value is -0.630. The summed E-state index contributed by atoms with van der Waals surface area (Å²) in [5.41, 5.74) is -0.673. The van der Waals surface area contributed by atoms with Crippen LogP contribution in [0.25, 0.3) is 0 Å². The fraction of sp³-hybridized carbons (Fsp3) is 0.700. The van der Waals surface area contributed by atoms with E-state index < -0.39 is 5.60 Å². The Balaban J connectivity index is 3.86. The Bertz CT molecular complexity index is 157. The van der Waals surface area contributed by atoms with E-state index >= 15 is 0 Å². The molecule has 0 saturated carbocycles. The van der Waals surface area contributed by atoms with Crippen LogP contribution >= 0.6 is 0 Å². The maximum Gasteiger partial charge on any atom is 0.142 e. The molecule has 0 saturated heterocycles. The summed E-state index contributed by atoms with van der Waals surface area (Å²) >= 11 is 0. The van der Waals surface area contributed by atoms with Gasteiger partial charge >= 0.3 is 0 Å². The third-order valence-corrected chi connectivity index (χ3v) is 1.62. The Morgan fingerprint density at radius 2 is 2.08 bits per heavy atom. The molecule has 0 aromatic carbocycles. The van der Waals surface area contributed by atoms with Crippen LogP contribution in [0.1, 0.15) is 33.6 Å². The van der Waals surface area contributed by atoms with Gasteiger partial charge in [0, 0.05) is 0 Å². The molecule has 0 radical (unpaired) electrons. The summed E-state index contributed by atoms with van der Waals surface area (Å²) < 4.78 is 0. The van der Waals surface area contributed by atoms with Crippen LogP contribution in [0.15, 0.2) is 12.2 Å². The SMILES string of the molecule is CC(C)CC(C)(O)C/C=C/C=O. The van der Waals surface area contributed by atoms with Crippen LogP contribution in [0.3, 0.4) is 0 Å². The van der Waals surface area contributed by atoms with E-state index in [2.05, 4.69) is 13.8 Å². The number of rotatable bonds is 5. The van der Waals surface area contributed by atoms with Gasteiger partial charge in [0.2, 0.25) is 0 Å². The van der Waals surface area contributed by atoms with Crippen molar-refractivity contribution < 1.29 is 9.90 Å². The van der Waals surface area contributed by atoms with Gasteiger partial charge in [-0.3, -0.25) is 4.79 Å². The molecular formula is C10H18O2. The monoisotopic (exact) mass is 170 g/mol. The first-order valence-electron chi connectivity index (χ1n) is 4.30. The van der Waals surface area contributed by atoms with E-state index in [0.29, 0.717) is 12.3 Å². The topological polar surface area (TPSA) is 37.3 Å². The second kappa shape index (κ2) is 5.09. The van der Waals surface area contributed by atoms with Gasteiger partial charge in [-0.25, -0.2) is 0 Å². The lowest BCUT2D eigenvalue weighted by molar-refractivity contribution is -0.104. The fourth-order valence-electron chi connectivity index (χ4n) is 1.34. The summed E-state index contributed by atoms with van der Waals surface area (Å²) in [4.78, 5) is 9.94. The fourth-order valence-corrected chi connectivity index (χ4v) is 1.34. The summed E-state index contributed by atoms with van der Waals surface area (Å²) in [7, 11) is 0. The van der Waals surface area contributed by atoms with Crippen LogP contribution in [-0.4, -0.2) is 17.0 Å². The first kappa shape index (κ1) is 11.4. The Morgan fingerprint density at radius 1 is 1.50 bits per heavy atom. The Kier molecular flexibility index (Phi) is 4.83. The van der Waals surface area contributed by atoms with Crippen molar-refractivity contribution in [1.29, 1.82) is 0 Å². The Morgan fingerprint density at radius 3 is 2.50 bits per heavy atom. The lowest BCUT2D eigenvalue weighted by Gasteiger charge is -2.23. The van der Waals surface area contributed by atoms with Gasteiger partial charge in [0.05, 0.1) is 5.60 Å². The number of aliphatic hydroxyl groups is 1. The van der Waals surface area contributed by atoms with Crippen molar-refractivity contribution >= 4 is 6.29 Å². The molecule has 0 amide bonds. The largest absolute Gasteiger partial charge is 0.390 e. The highest BCUT2D eigenvalue weighted by Gasteiger charge is 2.19. The van der Waals surface area contributed by atoms with Crippen molar-refractivity contribution in [3.05, 3.63) is 12.2 Å². The lowest BCUT2D eigenvalue weighted by atomic mass is 9.91. The molecule has 70 valence electrons. The number of aldehydes is 1. The number of hydrogen-bond donors (Lipinski definition) is 1. The molecule has 0 aromatic heterocycles. The zero-order chi connectivity index (χ0) is 9.61. The zero-order valence-electron chi connectivity index (χ0n) is 8.08. The zero-order valence-corrected chi connectivity index (χ0v) is 8.08. The van der Waals surface area contributed by atoms with E-state index in [1.807, 2.05) is 0 Å². The average Bonchev–Trinajstić information content (AvgIpc) is 1.84. The van der Waals surface area contributed by atoms with Crippen LogP contribution in [0.4, 0.5) is 0 Å². The van der Waals surface area contributed by atoms with E-state index in [4.69, 9.17) is 0 Å². The van der Waals surface area contributed by atoms with Gasteiger partial charge in [-0.05, 0) is 31.8 Å². The molecule has 1 N–H and O–H groups in total. The first-order chi connectivity index (χ1) is 5.48. The standard InChI is InChI=1S/C10H18O2/c1-9(2)8-10(3,12)6-4-5-7-11/h4-5,7,9,12H,6,8H2,1-3H3/b5-4+. The molecule has 0 spiro atoms. The summed E-state index contributed by atoms with van der Waals surface area (Å²) in [5.74, 6) is 0.477. The molecule has 12 heavy (non-hydrogen) atoms. The normalized spacial score (nSPS) is 16.8. The van der Waals surface area contributed by atoms with Crippen LogP contribution in [0.5, 0.6) is 0 Å². The number of carbonyl (C=O) groups excluding carboxylic acids is 1. The average molecular weight is 170 g/mol. The van der Waals surface area contributed by atoms with Gasteiger partial charge in [0.25, 0.3) is 0 Å². The van der Waals surface area contributed by atoms with Crippen molar-refractivity contribution in [2.75, 3.05) is 0 Å². The molecule has 0 fully saturated rings. The lowest BCUT2D eigenvalue weighted by Crippen LogP contribution is -2.25. The van der Waals surface area contributed by atoms with Crippen molar-refractivity contribution in [2.45, 2.75) is 39.2 Å². The van der Waals surface area contributed by atoms with E-state index in [0.717, 1.165) is 12.7 Å². The summed E-state index contributed by atoms with van der Waals surface area (Å²) in [6.45, 7) is 5.93. The molecule has 0 aliphatic rings. The Labute approximate surface area is 74.3 Å². The number of carbonyl (C=O) groups is 1. The van der Waals surface area contributed by atoms with Crippen LogP contribution in [0, 0.1) is 5.92 Å². The third-order valence-electron chi connectivity index (χ3n) is 1.62. The number of hydrogen-bond acceptors (Lipinski definition) is 2. The summed E-state index contributed by atoms with van der Waals surface area (Å²) in [6, 6.07) is 0. The first-order valence-corrected chi connectivity index (χ1v) is 4.30. The van der Waals surface area contributed by atoms with Crippen LogP contribution < -0.4 is 0 Å². The third kappa shape index (κ3) is 6.10. The smallest absolute Gasteiger partial charge is 0.142 e. The molecular weight excluding hydrogens is 152 g/mol. The minimum Gasteiger partial charge on any atom is -0.390 e. The predicted octanol–water partition coefficient (Wildman–Crippen LogP) is 1.93. The van der Waals surface area contributed by atoms with Crippen LogP contribution in [0.2, 0.25) is 0 Å². The van der Waals surface area contributed by atoms with Gasteiger partial charge in [0.15, 0.2) is 0 Å². The van der Waals surface area contributed by atoms with Crippen molar-refractivity contribution in [2.24, 2.45) is 5.92 Å². The van der Waals surface area contributed by atoms with E-state index in [-0.39, 0.29) is 0 Å².